The van der Waals surface area contributed by atoms with Crippen molar-refractivity contribution in [1.29, 1.82) is 0 Å². The Bertz CT molecular complexity index is 846. The number of rotatable bonds is 6. The van der Waals surface area contributed by atoms with Crippen LogP contribution < -0.4 is 0 Å². The van der Waals surface area contributed by atoms with Crippen molar-refractivity contribution in [2.24, 2.45) is 0 Å². The summed E-state index contributed by atoms with van der Waals surface area (Å²) in [6.45, 7) is 22.6. The molecule has 0 spiro atoms. The van der Waals surface area contributed by atoms with Gasteiger partial charge in [0.25, 0.3) is 0 Å². The first-order chi connectivity index (χ1) is 13.6. The van der Waals surface area contributed by atoms with Gasteiger partial charge in [0, 0.05) is 17.3 Å². The van der Waals surface area contributed by atoms with E-state index in [1.165, 1.54) is 16.7 Å². The van der Waals surface area contributed by atoms with Crippen LogP contribution in [0.3, 0.4) is 0 Å². The maximum atomic E-state index is 10.1. The Morgan fingerprint density at radius 3 is 1.73 bits per heavy atom. The monoisotopic (exact) mass is 409 g/mol. The molecule has 0 unspecified atom stereocenters. The minimum Gasteiger partial charge on any atom is -0.392 e. The van der Waals surface area contributed by atoms with E-state index in [1.54, 1.807) is 0 Å². The quantitative estimate of drug-likeness (QED) is 0.547. The summed E-state index contributed by atoms with van der Waals surface area (Å²) < 4.78 is 0. The lowest BCUT2D eigenvalue weighted by molar-refractivity contribution is 0.275. The van der Waals surface area contributed by atoms with Gasteiger partial charge in [-0.3, -0.25) is 4.98 Å². The Hall–Kier alpha value is -1.67. The smallest absolute Gasteiger partial charge is 0.0684 e. The predicted molar refractivity (Wildman–Crippen MR) is 129 cm³/mol. The molecule has 0 aliphatic carbocycles. The van der Waals surface area contributed by atoms with Crippen LogP contribution in [0.2, 0.25) is 0 Å². The summed E-state index contributed by atoms with van der Waals surface area (Å²) in [5.41, 5.74) is 6.21. The van der Waals surface area contributed by atoms with Crippen molar-refractivity contribution in [3.05, 3.63) is 64.5 Å². The molecule has 2 rings (SSSR count). The molecule has 1 N–H and O–H groups in total. The fraction of sp³-hybridized carbons (Fsp3) is 0.607. The van der Waals surface area contributed by atoms with Crippen molar-refractivity contribution in [2.75, 3.05) is 0 Å². The molecule has 0 saturated carbocycles. The minimum absolute atomic E-state index is 0.00940. The molecule has 0 fully saturated rings. The Balaban J connectivity index is 2.22. The number of aromatic nitrogens is 1. The van der Waals surface area contributed by atoms with Gasteiger partial charge >= 0.3 is 0 Å². The van der Waals surface area contributed by atoms with E-state index in [0.29, 0.717) is 0 Å². The predicted octanol–water partition coefficient (Wildman–Crippen LogP) is 7.20. The molecular formula is C28H43NO. The summed E-state index contributed by atoms with van der Waals surface area (Å²) in [7, 11) is 0. The highest BCUT2D eigenvalue weighted by Crippen LogP contribution is 2.38. The van der Waals surface area contributed by atoms with E-state index in [1.807, 2.05) is 0 Å². The summed E-state index contributed by atoms with van der Waals surface area (Å²) in [5.74, 6) is 0. The van der Waals surface area contributed by atoms with Crippen LogP contribution in [-0.4, -0.2) is 10.1 Å². The van der Waals surface area contributed by atoms with Gasteiger partial charge in [-0.25, -0.2) is 0 Å². The van der Waals surface area contributed by atoms with Crippen LogP contribution in [0.1, 0.15) is 110 Å². The maximum Gasteiger partial charge on any atom is 0.0684 e. The number of benzene rings is 1. The first kappa shape index (κ1) is 24.6. The number of hydrogen-bond donors (Lipinski definition) is 1. The van der Waals surface area contributed by atoms with E-state index < -0.39 is 0 Å². The van der Waals surface area contributed by atoms with Crippen molar-refractivity contribution >= 4 is 0 Å². The third kappa shape index (κ3) is 5.72. The Kier molecular flexibility index (Phi) is 6.94. The highest BCUT2D eigenvalue weighted by atomic mass is 16.3. The largest absolute Gasteiger partial charge is 0.392 e. The molecule has 2 heteroatoms. The van der Waals surface area contributed by atoms with Crippen LogP contribution in [0.15, 0.2) is 36.5 Å². The van der Waals surface area contributed by atoms with Gasteiger partial charge in [0.2, 0.25) is 0 Å². The van der Waals surface area contributed by atoms with Gasteiger partial charge in [0.15, 0.2) is 0 Å². The standard InChI is InChI=1S/C28H43NO/c1-25(2,3)21-11-13-23(20(17-21)19-30)28(9,10)16-15-27(7,8)22-12-14-24(29-18-22)26(4,5)6/h11-14,17-18,30H,15-16,19H2,1-10H3. The molecule has 2 aromatic rings. The zero-order valence-electron chi connectivity index (χ0n) is 21.0. The topological polar surface area (TPSA) is 33.1 Å². The van der Waals surface area contributed by atoms with Crippen molar-refractivity contribution in [3.8, 4) is 0 Å². The van der Waals surface area contributed by atoms with Crippen molar-refractivity contribution < 1.29 is 5.11 Å². The third-order valence-electron chi connectivity index (χ3n) is 6.56. The molecule has 0 saturated heterocycles. The molecule has 0 aliphatic rings. The average molecular weight is 410 g/mol. The Morgan fingerprint density at radius 2 is 1.27 bits per heavy atom. The number of pyridine rings is 1. The molecule has 0 amide bonds. The van der Waals surface area contributed by atoms with Gasteiger partial charge in [-0.15, -0.1) is 0 Å². The van der Waals surface area contributed by atoms with Crippen LogP contribution in [0, 0.1) is 0 Å². The second kappa shape index (κ2) is 8.46. The molecule has 0 aliphatic heterocycles. The number of hydrogen-bond acceptors (Lipinski definition) is 2. The zero-order valence-corrected chi connectivity index (χ0v) is 21.0. The molecular weight excluding hydrogens is 366 g/mol. The second-order valence-corrected chi connectivity index (χ2v) is 12.2. The SMILES string of the molecule is CC(C)(C)c1ccc(C(C)(C)CCC(C)(C)c2ccc(C(C)(C)C)nc2)c(CO)c1. The van der Waals surface area contributed by atoms with Gasteiger partial charge < -0.3 is 5.11 Å². The normalized spacial score (nSPS) is 13.6. The Morgan fingerprint density at radius 1 is 0.700 bits per heavy atom. The fourth-order valence-corrected chi connectivity index (χ4v) is 3.99. The summed E-state index contributed by atoms with van der Waals surface area (Å²) in [4.78, 5) is 4.75. The second-order valence-electron chi connectivity index (χ2n) is 12.2. The number of nitrogens with zero attached hydrogens (tertiary/aromatic N) is 1. The first-order valence-corrected chi connectivity index (χ1v) is 11.3. The number of aliphatic hydroxyl groups excluding tert-OH is 1. The van der Waals surface area contributed by atoms with Gasteiger partial charge in [0.05, 0.1) is 6.61 Å². The molecule has 30 heavy (non-hydrogen) atoms. The minimum atomic E-state index is -0.00940. The average Bonchev–Trinajstić information content (AvgIpc) is 2.65. The first-order valence-electron chi connectivity index (χ1n) is 11.3. The van der Waals surface area contributed by atoms with E-state index in [2.05, 4.69) is 106 Å². The summed E-state index contributed by atoms with van der Waals surface area (Å²) in [6.07, 6.45) is 4.16. The van der Waals surface area contributed by atoms with Crippen LogP contribution >= 0.6 is 0 Å². The van der Waals surface area contributed by atoms with Crippen molar-refractivity contribution in [3.63, 3.8) is 0 Å². The molecule has 166 valence electrons. The lowest BCUT2D eigenvalue weighted by Crippen LogP contribution is -2.26. The van der Waals surface area contributed by atoms with E-state index in [-0.39, 0.29) is 28.3 Å². The van der Waals surface area contributed by atoms with E-state index in [0.717, 1.165) is 24.1 Å². The van der Waals surface area contributed by atoms with E-state index in [9.17, 15) is 5.11 Å². The molecule has 1 aromatic carbocycles. The zero-order chi connectivity index (χ0) is 23.0. The molecule has 0 bridgehead atoms. The van der Waals surface area contributed by atoms with Gasteiger partial charge in [-0.1, -0.05) is 93.5 Å². The number of aliphatic hydroxyl groups is 1. The van der Waals surface area contributed by atoms with E-state index in [4.69, 9.17) is 4.98 Å². The Labute approximate surface area is 185 Å². The van der Waals surface area contributed by atoms with Gasteiger partial charge in [-0.2, -0.15) is 0 Å². The maximum absolute atomic E-state index is 10.1. The molecule has 1 heterocycles. The van der Waals surface area contributed by atoms with E-state index >= 15 is 0 Å². The summed E-state index contributed by atoms with van der Waals surface area (Å²) in [5, 5.41) is 10.1. The third-order valence-corrected chi connectivity index (χ3v) is 6.56. The molecule has 1 aromatic heterocycles. The van der Waals surface area contributed by atoms with Gasteiger partial charge in [0.1, 0.15) is 0 Å². The van der Waals surface area contributed by atoms with Crippen LogP contribution in [0.25, 0.3) is 0 Å². The molecule has 0 atom stereocenters. The van der Waals surface area contributed by atoms with Crippen LogP contribution in [-0.2, 0) is 28.3 Å². The summed E-state index contributed by atoms with van der Waals surface area (Å²) >= 11 is 0. The van der Waals surface area contributed by atoms with Crippen molar-refractivity contribution in [1.82, 2.24) is 4.98 Å². The highest BCUT2D eigenvalue weighted by Gasteiger charge is 2.30. The lowest BCUT2D eigenvalue weighted by atomic mass is 9.71. The van der Waals surface area contributed by atoms with Crippen LogP contribution in [0.4, 0.5) is 0 Å². The van der Waals surface area contributed by atoms with Crippen molar-refractivity contribution in [2.45, 2.75) is 110 Å². The fourth-order valence-electron chi connectivity index (χ4n) is 3.99. The van der Waals surface area contributed by atoms with Crippen LogP contribution in [0.5, 0.6) is 0 Å². The lowest BCUT2D eigenvalue weighted by Gasteiger charge is -2.34. The van der Waals surface area contributed by atoms with Gasteiger partial charge in [-0.05, 0) is 57.4 Å². The molecule has 2 nitrogen and oxygen atoms in total. The summed E-state index contributed by atoms with van der Waals surface area (Å²) in [6, 6.07) is 11.1. The highest BCUT2D eigenvalue weighted by molar-refractivity contribution is 5.39. The molecule has 0 radical (unpaired) electrons.